The summed E-state index contributed by atoms with van der Waals surface area (Å²) in [5, 5.41) is 3.24. The molecule has 0 spiro atoms. The topological polar surface area (TPSA) is 88.2 Å². The van der Waals surface area contributed by atoms with Gasteiger partial charge in [0.2, 0.25) is 5.91 Å². The summed E-state index contributed by atoms with van der Waals surface area (Å²) in [5.74, 6) is -0.905. The number of amides is 2. The average molecular weight is 490 g/mol. The molecule has 2 saturated heterocycles. The first-order valence-electron chi connectivity index (χ1n) is 11.1. The van der Waals surface area contributed by atoms with E-state index in [4.69, 9.17) is 21.1 Å². The SMILES string of the molecule is O=C(CCC(=O)c1ccc(Cl)cc1)NCC1CN(c2cccc(F)c2N2CCOCC2)C(=O)O1. The van der Waals surface area contributed by atoms with E-state index in [-0.39, 0.29) is 37.6 Å². The van der Waals surface area contributed by atoms with Crippen LogP contribution >= 0.6 is 11.6 Å². The van der Waals surface area contributed by atoms with E-state index in [1.807, 2.05) is 4.90 Å². The number of ketones is 1. The van der Waals surface area contributed by atoms with Gasteiger partial charge in [0.05, 0.1) is 37.7 Å². The maximum absolute atomic E-state index is 14.7. The number of hydrogen-bond acceptors (Lipinski definition) is 6. The van der Waals surface area contributed by atoms with Crippen LogP contribution in [-0.2, 0) is 14.3 Å². The molecule has 2 amide bonds. The minimum absolute atomic E-state index is 0.0108. The first-order valence-corrected chi connectivity index (χ1v) is 11.4. The number of nitrogens with zero attached hydrogens (tertiary/aromatic N) is 2. The van der Waals surface area contributed by atoms with E-state index in [2.05, 4.69) is 5.32 Å². The van der Waals surface area contributed by atoms with Crippen LogP contribution in [0.4, 0.5) is 20.6 Å². The molecule has 0 bridgehead atoms. The molecule has 0 saturated carbocycles. The quantitative estimate of drug-likeness (QED) is 0.572. The minimum atomic E-state index is -0.600. The van der Waals surface area contributed by atoms with Crippen molar-refractivity contribution >= 4 is 40.8 Å². The molecule has 2 aromatic rings. The van der Waals surface area contributed by atoms with E-state index >= 15 is 0 Å². The van der Waals surface area contributed by atoms with Gasteiger partial charge in [-0.15, -0.1) is 0 Å². The number of carbonyl (C=O) groups is 3. The van der Waals surface area contributed by atoms with Crippen molar-refractivity contribution in [2.75, 3.05) is 49.2 Å². The number of para-hydroxylation sites is 1. The smallest absolute Gasteiger partial charge is 0.414 e. The standard InChI is InChI=1S/C24H25ClFN3O5/c25-17-6-4-16(5-7-17)21(30)8-9-22(31)27-14-18-15-29(24(32)34-18)20-3-1-2-19(26)23(20)28-10-12-33-13-11-28/h1-7,18H,8-15H2,(H,27,31). The van der Waals surface area contributed by atoms with Gasteiger partial charge in [0.15, 0.2) is 5.78 Å². The summed E-state index contributed by atoms with van der Waals surface area (Å²) in [7, 11) is 0. The molecule has 0 aliphatic carbocycles. The van der Waals surface area contributed by atoms with Gasteiger partial charge in [0, 0.05) is 36.5 Å². The first kappa shape index (κ1) is 24.0. The van der Waals surface area contributed by atoms with Gasteiger partial charge >= 0.3 is 6.09 Å². The molecule has 1 atom stereocenters. The Labute approximate surface area is 201 Å². The van der Waals surface area contributed by atoms with E-state index < -0.39 is 18.0 Å². The number of hydrogen-bond donors (Lipinski definition) is 1. The molecular formula is C24H25ClFN3O5. The molecular weight excluding hydrogens is 465 g/mol. The lowest BCUT2D eigenvalue weighted by molar-refractivity contribution is -0.121. The molecule has 180 valence electrons. The van der Waals surface area contributed by atoms with Crippen LogP contribution in [0, 0.1) is 5.82 Å². The molecule has 4 rings (SSSR count). The summed E-state index contributed by atoms with van der Waals surface area (Å²) >= 11 is 5.82. The molecule has 2 heterocycles. The number of ether oxygens (including phenoxy) is 2. The van der Waals surface area contributed by atoms with Gasteiger partial charge in [-0.05, 0) is 36.4 Å². The lowest BCUT2D eigenvalue weighted by Crippen LogP contribution is -2.39. The zero-order valence-corrected chi connectivity index (χ0v) is 19.2. The number of anilines is 2. The predicted octanol–water partition coefficient (Wildman–Crippen LogP) is 3.42. The van der Waals surface area contributed by atoms with E-state index in [0.29, 0.717) is 48.3 Å². The Bertz CT molecular complexity index is 1060. The Balaban J connectivity index is 1.31. The summed E-state index contributed by atoms with van der Waals surface area (Å²) in [4.78, 5) is 40.2. The highest BCUT2D eigenvalue weighted by molar-refractivity contribution is 6.30. The van der Waals surface area contributed by atoms with Crippen LogP contribution in [0.2, 0.25) is 5.02 Å². The van der Waals surface area contributed by atoms with Crippen LogP contribution in [-0.4, -0.2) is 63.3 Å². The summed E-state index contributed by atoms with van der Waals surface area (Å²) in [6, 6.07) is 11.1. The van der Waals surface area contributed by atoms with Crippen molar-refractivity contribution in [3.63, 3.8) is 0 Å². The Hall–Kier alpha value is -3.17. The highest BCUT2D eigenvalue weighted by Crippen LogP contribution is 2.35. The number of carbonyl (C=O) groups excluding carboxylic acids is 3. The maximum Gasteiger partial charge on any atom is 0.414 e. The second kappa shape index (κ2) is 10.8. The van der Waals surface area contributed by atoms with Crippen molar-refractivity contribution in [2.45, 2.75) is 18.9 Å². The highest BCUT2D eigenvalue weighted by Gasteiger charge is 2.35. The van der Waals surface area contributed by atoms with E-state index in [0.717, 1.165) is 0 Å². The molecule has 0 aromatic heterocycles. The molecule has 2 aromatic carbocycles. The third-order valence-electron chi connectivity index (χ3n) is 5.73. The molecule has 2 aliphatic heterocycles. The summed E-state index contributed by atoms with van der Waals surface area (Å²) in [5.41, 5.74) is 1.26. The molecule has 2 fully saturated rings. The summed E-state index contributed by atoms with van der Waals surface area (Å²) < 4.78 is 25.4. The zero-order chi connectivity index (χ0) is 24.1. The second-order valence-corrected chi connectivity index (χ2v) is 8.49. The normalized spacial score (nSPS) is 18.1. The summed E-state index contributed by atoms with van der Waals surface area (Å²) in [6.07, 6.45) is -1.13. The monoisotopic (exact) mass is 489 g/mol. The van der Waals surface area contributed by atoms with E-state index in [1.165, 1.54) is 11.0 Å². The highest BCUT2D eigenvalue weighted by atomic mass is 35.5. The second-order valence-electron chi connectivity index (χ2n) is 8.06. The number of cyclic esters (lactones) is 1. The molecule has 1 N–H and O–H groups in total. The number of morpholine rings is 1. The van der Waals surface area contributed by atoms with Gasteiger partial charge in [-0.3, -0.25) is 14.5 Å². The molecule has 8 nitrogen and oxygen atoms in total. The third-order valence-corrected chi connectivity index (χ3v) is 5.98. The van der Waals surface area contributed by atoms with Crippen molar-refractivity contribution in [3.05, 3.63) is 58.9 Å². The fourth-order valence-electron chi connectivity index (χ4n) is 3.97. The first-order chi connectivity index (χ1) is 16.4. The van der Waals surface area contributed by atoms with Crippen molar-refractivity contribution in [1.29, 1.82) is 0 Å². The number of nitrogens with one attached hydrogen (secondary N) is 1. The fraction of sp³-hybridized carbons (Fsp3) is 0.375. The lowest BCUT2D eigenvalue weighted by atomic mass is 10.1. The lowest BCUT2D eigenvalue weighted by Gasteiger charge is -2.32. The Morgan fingerprint density at radius 1 is 1.09 bits per heavy atom. The molecule has 10 heteroatoms. The number of benzene rings is 2. The zero-order valence-electron chi connectivity index (χ0n) is 18.5. The van der Waals surface area contributed by atoms with Crippen LogP contribution in [0.5, 0.6) is 0 Å². The van der Waals surface area contributed by atoms with Gasteiger partial charge in [0.25, 0.3) is 0 Å². The van der Waals surface area contributed by atoms with Crippen LogP contribution in [0.25, 0.3) is 0 Å². The van der Waals surface area contributed by atoms with Crippen LogP contribution < -0.4 is 15.1 Å². The van der Waals surface area contributed by atoms with Crippen LogP contribution in [0.3, 0.4) is 0 Å². The Morgan fingerprint density at radius 3 is 2.56 bits per heavy atom. The van der Waals surface area contributed by atoms with Gasteiger partial charge in [-0.25, -0.2) is 9.18 Å². The van der Waals surface area contributed by atoms with E-state index in [1.54, 1.807) is 36.4 Å². The fourth-order valence-corrected chi connectivity index (χ4v) is 4.10. The van der Waals surface area contributed by atoms with Gasteiger partial charge in [0.1, 0.15) is 11.9 Å². The van der Waals surface area contributed by atoms with Crippen LogP contribution in [0.15, 0.2) is 42.5 Å². The molecule has 34 heavy (non-hydrogen) atoms. The maximum atomic E-state index is 14.7. The van der Waals surface area contributed by atoms with Crippen molar-refractivity contribution < 1.29 is 28.2 Å². The number of rotatable bonds is 8. The average Bonchev–Trinajstić information content (AvgIpc) is 3.22. The third kappa shape index (κ3) is 5.66. The number of halogens is 2. The minimum Gasteiger partial charge on any atom is -0.442 e. The van der Waals surface area contributed by atoms with E-state index in [9.17, 15) is 18.8 Å². The predicted molar refractivity (Wildman–Crippen MR) is 125 cm³/mol. The van der Waals surface area contributed by atoms with Gasteiger partial charge < -0.3 is 19.7 Å². The van der Waals surface area contributed by atoms with Crippen LogP contribution in [0.1, 0.15) is 23.2 Å². The molecule has 0 radical (unpaired) electrons. The number of Topliss-reactive ketones (excluding diaryl/α,β-unsaturated/α-hetero) is 1. The Kier molecular flexibility index (Phi) is 7.64. The molecule has 2 aliphatic rings. The summed E-state index contributed by atoms with van der Waals surface area (Å²) in [6.45, 7) is 2.26. The van der Waals surface area contributed by atoms with Crippen molar-refractivity contribution in [3.8, 4) is 0 Å². The largest absolute Gasteiger partial charge is 0.442 e. The van der Waals surface area contributed by atoms with Crippen molar-refractivity contribution in [2.24, 2.45) is 0 Å². The van der Waals surface area contributed by atoms with Crippen molar-refractivity contribution in [1.82, 2.24) is 5.32 Å². The van der Waals surface area contributed by atoms with Gasteiger partial charge in [-0.1, -0.05) is 17.7 Å². The van der Waals surface area contributed by atoms with Gasteiger partial charge in [-0.2, -0.15) is 0 Å². The Morgan fingerprint density at radius 2 is 1.82 bits per heavy atom. The molecule has 1 unspecified atom stereocenters.